The summed E-state index contributed by atoms with van der Waals surface area (Å²) in [5.41, 5.74) is 12.3. The van der Waals surface area contributed by atoms with Crippen molar-refractivity contribution in [2.75, 3.05) is 33.7 Å². The van der Waals surface area contributed by atoms with Crippen LogP contribution in [0.4, 0.5) is 0 Å². The molecule has 5 nitrogen and oxygen atoms in total. The number of hydrogen-bond donors (Lipinski definition) is 2. The Morgan fingerprint density at radius 2 is 1.03 bits per heavy atom. The van der Waals surface area contributed by atoms with Gasteiger partial charge in [0.25, 0.3) is 0 Å². The van der Waals surface area contributed by atoms with Crippen LogP contribution in [0.2, 0.25) is 0 Å². The van der Waals surface area contributed by atoms with Crippen molar-refractivity contribution in [2.45, 2.75) is 33.7 Å². The molecule has 64 heavy (non-hydrogen) atoms. The van der Waals surface area contributed by atoms with Gasteiger partial charge in [0.15, 0.2) is 0 Å². The Kier molecular flexibility index (Phi) is 16.3. The molecular weight excluding hydrogens is 949 g/mol. The number of hydrogen-bond acceptors (Lipinski definition) is 4. The minimum Gasteiger partial charge on any atom is -0.507 e. The number of para-hydroxylation sites is 2. The van der Waals surface area contributed by atoms with E-state index in [2.05, 4.69) is 172 Å². The molecule has 8 aromatic carbocycles. The minimum atomic E-state index is 0. The quantitative estimate of drug-likeness (QED) is 0.106. The fourth-order valence-corrected chi connectivity index (χ4v) is 8.37. The second-order valence-electron chi connectivity index (χ2n) is 16.8. The van der Waals surface area contributed by atoms with E-state index in [0.29, 0.717) is 24.5 Å². The third-order valence-electron chi connectivity index (χ3n) is 11.5. The fourth-order valence-electron chi connectivity index (χ4n) is 8.37. The van der Waals surface area contributed by atoms with Gasteiger partial charge in [0.1, 0.15) is 11.5 Å². The number of rotatable bonds is 10. The van der Waals surface area contributed by atoms with Gasteiger partial charge in [-0.1, -0.05) is 97.1 Å². The SMILES string of the molecule is Cc1cc(CN(CCc2cc(C)cc(-n3c4ccccc4c4ccccc43)c2O)CCN(C)C)c(O)c(-c2c(C)ccc3ccccc23)c1.[CH2-]c1ccccc1.[CH2-]c1ccccc1.[Hf+4]. The van der Waals surface area contributed by atoms with Gasteiger partial charge < -0.3 is 19.7 Å². The van der Waals surface area contributed by atoms with E-state index in [-0.39, 0.29) is 25.8 Å². The molecule has 1 heterocycles. The van der Waals surface area contributed by atoms with Crippen molar-refractivity contribution < 1.29 is 36.1 Å². The molecule has 0 aliphatic heterocycles. The summed E-state index contributed by atoms with van der Waals surface area (Å²) < 4.78 is 2.20. The normalized spacial score (nSPS) is 11.0. The van der Waals surface area contributed by atoms with Crippen LogP contribution in [0.15, 0.2) is 170 Å². The van der Waals surface area contributed by atoms with Gasteiger partial charge >= 0.3 is 25.8 Å². The number of aryl methyl sites for hydroxylation is 3. The summed E-state index contributed by atoms with van der Waals surface area (Å²) in [5, 5.41) is 28.4. The topological polar surface area (TPSA) is 51.9 Å². The number of phenols is 2. The Morgan fingerprint density at radius 3 is 1.59 bits per heavy atom. The molecular formula is C58H59HfN3O2+2. The molecule has 0 radical (unpaired) electrons. The number of aromatic hydroxyl groups is 2. The average molecular weight is 1010 g/mol. The van der Waals surface area contributed by atoms with Crippen molar-refractivity contribution in [3.63, 3.8) is 0 Å². The van der Waals surface area contributed by atoms with E-state index in [1.807, 2.05) is 60.7 Å². The molecule has 0 saturated carbocycles. The first kappa shape index (κ1) is 47.4. The molecule has 9 aromatic rings. The van der Waals surface area contributed by atoms with Crippen LogP contribution in [-0.2, 0) is 38.8 Å². The van der Waals surface area contributed by atoms with Crippen LogP contribution < -0.4 is 0 Å². The Bertz CT molecular complexity index is 2850. The molecule has 0 aliphatic carbocycles. The van der Waals surface area contributed by atoms with Gasteiger partial charge in [-0.05, 0) is 104 Å². The molecule has 0 saturated heterocycles. The summed E-state index contributed by atoms with van der Waals surface area (Å²) in [6, 6.07) is 57.7. The van der Waals surface area contributed by atoms with Gasteiger partial charge in [-0.3, -0.25) is 4.90 Å². The summed E-state index contributed by atoms with van der Waals surface area (Å²) in [4.78, 5) is 4.59. The largest absolute Gasteiger partial charge is 4.00 e. The average Bonchev–Trinajstić information content (AvgIpc) is 3.62. The van der Waals surface area contributed by atoms with Gasteiger partial charge in [-0.2, -0.15) is 49.2 Å². The smallest absolute Gasteiger partial charge is 0.507 e. The zero-order chi connectivity index (χ0) is 44.5. The van der Waals surface area contributed by atoms with E-state index in [1.165, 1.54) is 10.8 Å². The van der Waals surface area contributed by atoms with Gasteiger partial charge in [0, 0.05) is 48.1 Å². The van der Waals surface area contributed by atoms with Crippen LogP contribution in [0.5, 0.6) is 11.5 Å². The van der Waals surface area contributed by atoms with Gasteiger partial charge in [0.2, 0.25) is 0 Å². The Hall–Kier alpha value is -6.05. The number of likely N-dealkylation sites (N-methyl/N-ethyl adjacent to an activating group) is 1. The van der Waals surface area contributed by atoms with Crippen molar-refractivity contribution in [2.24, 2.45) is 0 Å². The maximum Gasteiger partial charge on any atom is 4.00 e. The molecule has 9 rings (SSSR count). The zero-order valence-corrected chi connectivity index (χ0v) is 41.4. The van der Waals surface area contributed by atoms with Crippen LogP contribution in [-0.4, -0.2) is 58.3 Å². The van der Waals surface area contributed by atoms with Crippen molar-refractivity contribution >= 4 is 32.6 Å². The fraction of sp³-hybridized carbons (Fsp3) is 0.172. The van der Waals surface area contributed by atoms with E-state index in [4.69, 9.17) is 0 Å². The molecule has 6 heteroatoms. The van der Waals surface area contributed by atoms with Crippen LogP contribution in [0.3, 0.4) is 0 Å². The molecule has 0 spiro atoms. The summed E-state index contributed by atoms with van der Waals surface area (Å²) in [6.07, 6.45) is 0.674. The van der Waals surface area contributed by atoms with E-state index in [1.54, 1.807) is 0 Å². The van der Waals surface area contributed by atoms with E-state index < -0.39 is 0 Å². The summed E-state index contributed by atoms with van der Waals surface area (Å²) in [7, 11) is 4.18. The molecule has 2 N–H and O–H groups in total. The molecule has 0 bridgehead atoms. The van der Waals surface area contributed by atoms with Crippen molar-refractivity contribution in [1.82, 2.24) is 14.4 Å². The van der Waals surface area contributed by atoms with E-state index >= 15 is 0 Å². The van der Waals surface area contributed by atoms with Crippen LogP contribution in [0.25, 0.3) is 49.4 Å². The molecule has 0 unspecified atom stereocenters. The second kappa shape index (κ2) is 22.0. The second-order valence-corrected chi connectivity index (χ2v) is 16.8. The van der Waals surface area contributed by atoms with Crippen molar-refractivity contribution in [3.8, 4) is 28.3 Å². The van der Waals surface area contributed by atoms with Gasteiger partial charge in [0.05, 0.1) is 16.7 Å². The molecule has 0 atom stereocenters. The summed E-state index contributed by atoms with van der Waals surface area (Å²) in [5.74, 6) is 0.656. The molecule has 1 aromatic heterocycles. The number of nitrogens with zero attached hydrogens (tertiary/aromatic N) is 3. The maximum atomic E-state index is 11.9. The third kappa shape index (κ3) is 11.4. The third-order valence-corrected chi connectivity index (χ3v) is 11.5. The Labute approximate surface area is 399 Å². The van der Waals surface area contributed by atoms with Crippen LogP contribution >= 0.6 is 0 Å². The zero-order valence-electron chi connectivity index (χ0n) is 37.9. The standard InChI is InChI=1S/C44H45N3O2.2C7H7.Hf/c1-29-25-34(43(48)38(26-29)42-31(3)18-19-32-12-6-7-13-35(32)42)28-46(23-22-45(4)5)21-20-33-24-30(2)27-41(44(33)49)47-39-16-10-8-14-36(39)37-15-9-11-17-40(37)47;2*1-7-5-3-2-4-6-7;/h6-19,24-27,48-49H,20-23,28H2,1-5H3;2*2-6H,1H2;/q;2*-1;+4. The van der Waals surface area contributed by atoms with Crippen LogP contribution in [0, 0.1) is 34.6 Å². The van der Waals surface area contributed by atoms with E-state index in [9.17, 15) is 10.2 Å². The minimum absolute atomic E-state index is 0. The summed E-state index contributed by atoms with van der Waals surface area (Å²) in [6.45, 7) is 16.8. The Balaban J connectivity index is 0.000000386. The number of benzene rings is 8. The molecule has 320 valence electrons. The van der Waals surface area contributed by atoms with E-state index in [0.717, 1.165) is 97.2 Å². The first-order valence-corrected chi connectivity index (χ1v) is 21.7. The van der Waals surface area contributed by atoms with Crippen molar-refractivity contribution in [3.05, 3.63) is 223 Å². The molecule has 0 fully saturated rings. The predicted molar refractivity (Wildman–Crippen MR) is 267 cm³/mol. The van der Waals surface area contributed by atoms with Crippen molar-refractivity contribution in [1.29, 1.82) is 0 Å². The number of fused-ring (bicyclic) bond motifs is 4. The molecule has 0 aliphatic rings. The first-order valence-electron chi connectivity index (χ1n) is 21.7. The first-order chi connectivity index (χ1) is 30.5. The van der Waals surface area contributed by atoms with Gasteiger partial charge in [-0.15, -0.1) is 24.3 Å². The monoisotopic (exact) mass is 1010 g/mol. The number of aromatic nitrogens is 1. The van der Waals surface area contributed by atoms with Crippen LogP contribution in [0.1, 0.15) is 38.9 Å². The maximum absolute atomic E-state index is 11.9. The predicted octanol–water partition coefficient (Wildman–Crippen LogP) is 13.3. The number of phenolic OH excluding ortho intramolecular Hbond substituents is 2. The van der Waals surface area contributed by atoms with Gasteiger partial charge in [-0.25, -0.2) is 0 Å². The Morgan fingerprint density at radius 1 is 0.516 bits per heavy atom. The summed E-state index contributed by atoms with van der Waals surface area (Å²) >= 11 is 0. The molecule has 0 amide bonds.